The van der Waals surface area contributed by atoms with Crippen molar-refractivity contribution in [1.29, 1.82) is 0 Å². The molecule has 0 amide bonds. The van der Waals surface area contributed by atoms with Gasteiger partial charge in [-0.15, -0.1) is 0 Å². The van der Waals surface area contributed by atoms with E-state index in [0.29, 0.717) is 0 Å². The number of nitrogens with one attached hydrogen (secondary N) is 2. The molecule has 2 heteroatoms. The zero-order valence-electron chi connectivity index (χ0n) is 10.3. The Labute approximate surface area is 94.8 Å². The lowest BCUT2D eigenvalue weighted by atomic mass is 10.2. The SMILES string of the molecule is C/C=C\CCCNCCCCN/C=C/C. The maximum Gasteiger partial charge on any atom is 0.0141 e. The average molecular weight is 210 g/mol. The van der Waals surface area contributed by atoms with Gasteiger partial charge in [0.15, 0.2) is 0 Å². The Balaban J connectivity index is 2.92. The van der Waals surface area contributed by atoms with Crippen LogP contribution in [-0.4, -0.2) is 19.6 Å². The Hall–Kier alpha value is -0.760. The van der Waals surface area contributed by atoms with Crippen LogP contribution in [0.4, 0.5) is 0 Å². The molecule has 0 atom stereocenters. The molecule has 0 aromatic carbocycles. The zero-order chi connectivity index (χ0) is 11.2. The molecule has 0 saturated carbocycles. The van der Waals surface area contributed by atoms with Crippen molar-refractivity contribution in [3.63, 3.8) is 0 Å². The zero-order valence-corrected chi connectivity index (χ0v) is 10.3. The van der Waals surface area contributed by atoms with Crippen molar-refractivity contribution in [1.82, 2.24) is 10.6 Å². The summed E-state index contributed by atoms with van der Waals surface area (Å²) in [7, 11) is 0. The van der Waals surface area contributed by atoms with E-state index in [1.165, 1.54) is 25.7 Å². The minimum Gasteiger partial charge on any atom is -0.391 e. The fraction of sp³-hybridized carbons (Fsp3) is 0.692. The molecule has 15 heavy (non-hydrogen) atoms. The Bertz CT molecular complexity index is 144. The van der Waals surface area contributed by atoms with Gasteiger partial charge in [0.2, 0.25) is 0 Å². The van der Waals surface area contributed by atoms with Crippen LogP contribution in [0.2, 0.25) is 0 Å². The normalized spacial score (nSPS) is 11.6. The van der Waals surface area contributed by atoms with Crippen LogP contribution in [-0.2, 0) is 0 Å². The first-order valence-corrected chi connectivity index (χ1v) is 6.08. The maximum absolute atomic E-state index is 3.46. The minimum absolute atomic E-state index is 1.09. The predicted octanol–water partition coefficient (Wildman–Crippen LogP) is 2.84. The van der Waals surface area contributed by atoms with Gasteiger partial charge >= 0.3 is 0 Å². The highest BCUT2D eigenvalue weighted by atomic mass is 14.8. The van der Waals surface area contributed by atoms with Gasteiger partial charge < -0.3 is 10.6 Å². The average Bonchev–Trinajstić information content (AvgIpc) is 2.26. The number of hydrogen-bond acceptors (Lipinski definition) is 2. The van der Waals surface area contributed by atoms with E-state index < -0.39 is 0 Å². The minimum atomic E-state index is 1.09. The number of hydrogen-bond donors (Lipinski definition) is 2. The van der Waals surface area contributed by atoms with Gasteiger partial charge in [-0.2, -0.15) is 0 Å². The first-order valence-electron chi connectivity index (χ1n) is 6.08. The Morgan fingerprint density at radius 3 is 2.33 bits per heavy atom. The van der Waals surface area contributed by atoms with E-state index in [9.17, 15) is 0 Å². The first kappa shape index (κ1) is 14.2. The van der Waals surface area contributed by atoms with Crippen molar-refractivity contribution in [3.05, 3.63) is 24.4 Å². The van der Waals surface area contributed by atoms with Crippen LogP contribution in [0.1, 0.15) is 39.5 Å². The summed E-state index contributed by atoms with van der Waals surface area (Å²) in [6.45, 7) is 7.48. The third-order valence-electron chi connectivity index (χ3n) is 2.17. The first-order chi connectivity index (χ1) is 7.41. The molecule has 0 fully saturated rings. The standard InChI is InChI=1S/C13H26N2/c1-3-5-6-7-11-15-13-9-8-12-14-10-4-2/h3-5,10,14-15H,6-9,11-13H2,1-2H3/b5-3-,10-4+. The lowest BCUT2D eigenvalue weighted by molar-refractivity contribution is 0.598. The summed E-state index contributed by atoms with van der Waals surface area (Å²) in [6, 6.07) is 0. The van der Waals surface area contributed by atoms with Gasteiger partial charge in [-0.25, -0.2) is 0 Å². The summed E-state index contributed by atoms with van der Waals surface area (Å²) in [6.07, 6.45) is 13.3. The van der Waals surface area contributed by atoms with Crippen molar-refractivity contribution in [2.24, 2.45) is 0 Å². The van der Waals surface area contributed by atoms with Gasteiger partial charge in [0, 0.05) is 6.54 Å². The fourth-order valence-corrected chi connectivity index (χ4v) is 1.31. The van der Waals surface area contributed by atoms with E-state index in [0.717, 1.165) is 19.6 Å². The molecule has 2 N–H and O–H groups in total. The molecular weight excluding hydrogens is 184 g/mol. The molecular formula is C13H26N2. The molecule has 0 radical (unpaired) electrons. The molecule has 0 saturated heterocycles. The quantitative estimate of drug-likeness (QED) is 0.428. The lowest BCUT2D eigenvalue weighted by Gasteiger charge is -2.03. The lowest BCUT2D eigenvalue weighted by Crippen LogP contribution is -2.18. The summed E-state index contributed by atoms with van der Waals surface area (Å²) < 4.78 is 0. The molecule has 0 rings (SSSR count). The topological polar surface area (TPSA) is 24.1 Å². The van der Waals surface area contributed by atoms with Crippen LogP contribution < -0.4 is 10.6 Å². The summed E-state index contributed by atoms with van der Waals surface area (Å²) in [5, 5.41) is 6.69. The highest BCUT2D eigenvalue weighted by molar-refractivity contribution is 4.76. The molecule has 0 aliphatic rings. The fourth-order valence-electron chi connectivity index (χ4n) is 1.31. The number of unbranched alkanes of at least 4 members (excludes halogenated alkanes) is 2. The Morgan fingerprint density at radius 2 is 1.60 bits per heavy atom. The van der Waals surface area contributed by atoms with E-state index >= 15 is 0 Å². The molecule has 0 unspecified atom stereocenters. The largest absolute Gasteiger partial charge is 0.391 e. The molecule has 0 bridgehead atoms. The van der Waals surface area contributed by atoms with Crippen LogP contribution in [0.5, 0.6) is 0 Å². The van der Waals surface area contributed by atoms with Crippen LogP contribution in [0, 0.1) is 0 Å². The second-order valence-electron chi connectivity index (χ2n) is 3.62. The van der Waals surface area contributed by atoms with Gasteiger partial charge in [-0.05, 0) is 58.8 Å². The summed E-state index contributed by atoms with van der Waals surface area (Å²) in [5.74, 6) is 0. The highest BCUT2D eigenvalue weighted by Gasteiger charge is 1.88. The van der Waals surface area contributed by atoms with E-state index in [2.05, 4.69) is 29.7 Å². The molecule has 0 aromatic rings. The molecule has 88 valence electrons. The van der Waals surface area contributed by atoms with Crippen molar-refractivity contribution in [3.8, 4) is 0 Å². The third-order valence-corrected chi connectivity index (χ3v) is 2.17. The van der Waals surface area contributed by atoms with Crippen LogP contribution in [0.3, 0.4) is 0 Å². The van der Waals surface area contributed by atoms with Gasteiger partial charge in [-0.3, -0.25) is 0 Å². The smallest absolute Gasteiger partial charge is 0.0141 e. The Kier molecular flexibility index (Phi) is 12.6. The van der Waals surface area contributed by atoms with Crippen LogP contribution in [0.25, 0.3) is 0 Å². The number of rotatable bonds is 10. The molecule has 0 heterocycles. The molecule has 2 nitrogen and oxygen atoms in total. The third kappa shape index (κ3) is 13.2. The van der Waals surface area contributed by atoms with E-state index in [1.807, 2.05) is 19.2 Å². The van der Waals surface area contributed by atoms with Crippen molar-refractivity contribution in [2.45, 2.75) is 39.5 Å². The summed E-state index contributed by atoms with van der Waals surface area (Å²) in [5.41, 5.74) is 0. The Morgan fingerprint density at radius 1 is 0.867 bits per heavy atom. The van der Waals surface area contributed by atoms with Gasteiger partial charge in [-0.1, -0.05) is 18.2 Å². The summed E-state index contributed by atoms with van der Waals surface area (Å²) >= 11 is 0. The van der Waals surface area contributed by atoms with E-state index in [-0.39, 0.29) is 0 Å². The second-order valence-corrected chi connectivity index (χ2v) is 3.62. The highest BCUT2D eigenvalue weighted by Crippen LogP contribution is 1.89. The van der Waals surface area contributed by atoms with Crippen molar-refractivity contribution < 1.29 is 0 Å². The molecule has 0 aromatic heterocycles. The monoisotopic (exact) mass is 210 g/mol. The van der Waals surface area contributed by atoms with Gasteiger partial charge in [0.25, 0.3) is 0 Å². The van der Waals surface area contributed by atoms with Crippen molar-refractivity contribution >= 4 is 0 Å². The molecule has 0 aliphatic carbocycles. The van der Waals surface area contributed by atoms with Crippen LogP contribution in [0.15, 0.2) is 24.4 Å². The van der Waals surface area contributed by atoms with E-state index in [1.54, 1.807) is 0 Å². The predicted molar refractivity (Wildman–Crippen MR) is 69.0 cm³/mol. The van der Waals surface area contributed by atoms with Gasteiger partial charge in [0.1, 0.15) is 0 Å². The van der Waals surface area contributed by atoms with Crippen molar-refractivity contribution in [2.75, 3.05) is 19.6 Å². The van der Waals surface area contributed by atoms with Crippen LogP contribution >= 0.6 is 0 Å². The van der Waals surface area contributed by atoms with Gasteiger partial charge in [0.05, 0.1) is 0 Å². The maximum atomic E-state index is 3.46. The second kappa shape index (κ2) is 13.2. The number of allylic oxidation sites excluding steroid dienone is 3. The molecule has 0 spiro atoms. The molecule has 0 aliphatic heterocycles. The summed E-state index contributed by atoms with van der Waals surface area (Å²) in [4.78, 5) is 0. The van der Waals surface area contributed by atoms with E-state index in [4.69, 9.17) is 0 Å².